The van der Waals surface area contributed by atoms with Crippen LogP contribution in [0.15, 0.2) is 59.5 Å². The largest absolute Gasteiger partial charge is 0.493 e. The highest BCUT2D eigenvalue weighted by molar-refractivity contribution is 7.89. The van der Waals surface area contributed by atoms with Gasteiger partial charge in [0.25, 0.3) is 5.91 Å². The number of carbonyl (C=O) groups is 1. The molecule has 0 aliphatic heterocycles. The van der Waals surface area contributed by atoms with Gasteiger partial charge >= 0.3 is 0 Å². The molecule has 0 spiro atoms. The molecule has 27 heavy (non-hydrogen) atoms. The first-order chi connectivity index (χ1) is 13.0. The SMILES string of the molecule is O=C(NO)C(Cc1ccccc1)NS(=O)(=O)c1ccc(OCCCF)cc1. The predicted molar refractivity (Wildman–Crippen MR) is 96.7 cm³/mol. The molecule has 7 nitrogen and oxygen atoms in total. The zero-order valence-corrected chi connectivity index (χ0v) is 15.3. The van der Waals surface area contributed by atoms with Crippen molar-refractivity contribution in [3.8, 4) is 5.75 Å². The number of hydrogen-bond acceptors (Lipinski definition) is 5. The number of nitrogens with one attached hydrogen (secondary N) is 2. The molecule has 1 unspecified atom stereocenters. The van der Waals surface area contributed by atoms with Crippen LogP contribution in [-0.2, 0) is 21.2 Å². The van der Waals surface area contributed by atoms with E-state index >= 15 is 0 Å². The smallest absolute Gasteiger partial charge is 0.261 e. The Kier molecular flexibility index (Phi) is 7.71. The third kappa shape index (κ3) is 6.31. The molecule has 1 amide bonds. The fourth-order valence-electron chi connectivity index (χ4n) is 2.33. The van der Waals surface area contributed by atoms with Crippen LogP contribution in [-0.4, -0.2) is 38.9 Å². The minimum absolute atomic E-state index is 0.0656. The maximum atomic E-state index is 12.6. The van der Waals surface area contributed by atoms with E-state index in [1.165, 1.54) is 29.7 Å². The molecule has 0 saturated carbocycles. The molecule has 2 aromatic rings. The Labute approximate surface area is 157 Å². The summed E-state index contributed by atoms with van der Waals surface area (Å²) in [5.41, 5.74) is 2.21. The molecule has 9 heteroatoms. The zero-order chi connectivity index (χ0) is 19.7. The lowest BCUT2D eigenvalue weighted by atomic mass is 10.1. The van der Waals surface area contributed by atoms with E-state index in [2.05, 4.69) is 4.72 Å². The molecule has 3 N–H and O–H groups in total. The second kappa shape index (κ2) is 10.0. The minimum Gasteiger partial charge on any atom is -0.493 e. The fraction of sp³-hybridized carbons (Fsp3) is 0.278. The first-order valence-corrected chi connectivity index (χ1v) is 9.73. The molecule has 2 rings (SSSR count). The first kappa shape index (κ1) is 20.8. The van der Waals surface area contributed by atoms with Crippen molar-refractivity contribution in [3.05, 3.63) is 60.2 Å². The van der Waals surface area contributed by atoms with Crippen LogP contribution in [0.25, 0.3) is 0 Å². The quantitative estimate of drug-likeness (QED) is 0.323. The fourth-order valence-corrected chi connectivity index (χ4v) is 3.53. The van der Waals surface area contributed by atoms with E-state index in [1.54, 1.807) is 30.3 Å². The van der Waals surface area contributed by atoms with Crippen molar-refractivity contribution in [2.45, 2.75) is 23.8 Å². The summed E-state index contributed by atoms with van der Waals surface area (Å²) < 4.78 is 44.8. The van der Waals surface area contributed by atoms with Gasteiger partial charge in [-0.15, -0.1) is 0 Å². The van der Waals surface area contributed by atoms with Crippen LogP contribution in [0, 0.1) is 0 Å². The van der Waals surface area contributed by atoms with Crippen LogP contribution >= 0.6 is 0 Å². The van der Waals surface area contributed by atoms with Crippen LogP contribution in [0.1, 0.15) is 12.0 Å². The molecular formula is C18H21FN2O5S. The Morgan fingerprint density at radius 3 is 2.37 bits per heavy atom. The maximum Gasteiger partial charge on any atom is 0.261 e. The molecule has 0 fully saturated rings. The number of halogens is 1. The number of ether oxygens (including phenoxy) is 1. The van der Waals surface area contributed by atoms with Crippen LogP contribution in [0.5, 0.6) is 5.75 Å². The van der Waals surface area contributed by atoms with Crippen LogP contribution in [0.3, 0.4) is 0 Å². The highest BCUT2D eigenvalue weighted by Crippen LogP contribution is 2.17. The van der Waals surface area contributed by atoms with Crippen LogP contribution in [0.4, 0.5) is 4.39 Å². The summed E-state index contributed by atoms with van der Waals surface area (Å²) in [7, 11) is -4.01. The van der Waals surface area contributed by atoms with E-state index in [-0.39, 0.29) is 24.3 Å². The van der Waals surface area contributed by atoms with E-state index in [9.17, 15) is 17.6 Å². The summed E-state index contributed by atoms with van der Waals surface area (Å²) in [4.78, 5) is 11.8. The molecule has 1 atom stereocenters. The molecule has 0 saturated heterocycles. The van der Waals surface area contributed by atoms with Crippen LogP contribution < -0.4 is 14.9 Å². The monoisotopic (exact) mass is 396 g/mol. The van der Waals surface area contributed by atoms with E-state index < -0.39 is 28.6 Å². The predicted octanol–water partition coefficient (Wildman–Crippen LogP) is 1.82. The summed E-state index contributed by atoms with van der Waals surface area (Å²) >= 11 is 0. The average Bonchev–Trinajstić information content (AvgIpc) is 2.68. The Morgan fingerprint density at radius 2 is 1.78 bits per heavy atom. The number of carbonyl (C=O) groups excluding carboxylic acids is 1. The van der Waals surface area contributed by atoms with Gasteiger partial charge in [0, 0.05) is 6.42 Å². The minimum atomic E-state index is -4.01. The van der Waals surface area contributed by atoms with E-state index in [0.717, 1.165) is 5.56 Å². The summed E-state index contributed by atoms with van der Waals surface area (Å²) in [6, 6.07) is 13.2. The van der Waals surface area contributed by atoms with Gasteiger partial charge in [0.05, 0.1) is 18.2 Å². The van der Waals surface area contributed by atoms with Crippen molar-refractivity contribution >= 4 is 15.9 Å². The molecule has 146 valence electrons. The lowest BCUT2D eigenvalue weighted by Crippen LogP contribution is -2.47. The number of hydrogen-bond donors (Lipinski definition) is 3. The molecule has 0 bridgehead atoms. The third-order valence-corrected chi connectivity index (χ3v) is 5.18. The van der Waals surface area contributed by atoms with Gasteiger partial charge in [0.15, 0.2) is 0 Å². The third-order valence-electron chi connectivity index (χ3n) is 3.69. The molecular weight excluding hydrogens is 375 g/mol. The molecule has 2 aromatic carbocycles. The Balaban J connectivity index is 2.11. The van der Waals surface area contributed by atoms with Crippen molar-refractivity contribution < 1.29 is 27.5 Å². The standard InChI is InChI=1S/C18H21FN2O5S/c19-11-4-12-26-15-7-9-16(10-8-15)27(24,25)21-17(18(22)20-23)13-14-5-2-1-3-6-14/h1-3,5-10,17,21,23H,4,11-13H2,(H,20,22). The first-order valence-electron chi connectivity index (χ1n) is 8.25. The van der Waals surface area contributed by atoms with Gasteiger partial charge < -0.3 is 4.74 Å². The number of alkyl halides is 1. The van der Waals surface area contributed by atoms with Crippen molar-refractivity contribution in [1.29, 1.82) is 0 Å². The van der Waals surface area contributed by atoms with Gasteiger partial charge in [0.2, 0.25) is 10.0 Å². The van der Waals surface area contributed by atoms with Crippen LogP contribution in [0.2, 0.25) is 0 Å². The van der Waals surface area contributed by atoms with Gasteiger partial charge in [-0.1, -0.05) is 30.3 Å². The normalized spacial score (nSPS) is 12.4. The summed E-state index contributed by atoms with van der Waals surface area (Å²) in [5, 5.41) is 8.91. The Bertz CT molecular complexity index is 829. The Morgan fingerprint density at radius 1 is 1.11 bits per heavy atom. The molecule has 0 heterocycles. The maximum absolute atomic E-state index is 12.6. The van der Waals surface area contributed by atoms with Gasteiger partial charge in [-0.2, -0.15) is 4.72 Å². The van der Waals surface area contributed by atoms with E-state index in [1.807, 2.05) is 0 Å². The van der Waals surface area contributed by atoms with Gasteiger partial charge in [-0.25, -0.2) is 13.9 Å². The molecule has 0 radical (unpaired) electrons. The zero-order valence-electron chi connectivity index (χ0n) is 14.5. The van der Waals surface area contributed by atoms with Gasteiger partial charge in [0.1, 0.15) is 11.8 Å². The number of hydroxylamine groups is 1. The number of benzene rings is 2. The van der Waals surface area contributed by atoms with Crippen molar-refractivity contribution in [1.82, 2.24) is 10.2 Å². The lowest BCUT2D eigenvalue weighted by Gasteiger charge is -2.17. The lowest BCUT2D eigenvalue weighted by molar-refractivity contribution is -0.130. The number of amides is 1. The second-order valence-corrected chi connectivity index (χ2v) is 7.42. The van der Waals surface area contributed by atoms with Crippen molar-refractivity contribution in [2.75, 3.05) is 13.3 Å². The summed E-state index contributed by atoms with van der Waals surface area (Å²) in [5.74, 6) is -0.454. The van der Waals surface area contributed by atoms with E-state index in [4.69, 9.17) is 9.94 Å². The molecule has 0 aliphatic rings. The number of rotatable bonds is 10. The molecule has 0 aromatic heterocycles. The highest BCUT2D eigenvalue weighted by atomic mass is 32.2. The second-order valence-electron chi connectivity index (χ2n) is 5.70. The average molecular weight is 396 g/mol. The van der Waals surface area contributed by atoms with Gasteiger partial charge in [-0.3, -0.25) is 14.4 Å². The summed E-state index contributed by atoms with van der Waals surface area (Å²) in [6.07, 6.45) is 0.315. The number of sulfonamides is 1. The van der Waals surface area contributed by atoms with Gasteiger partial charge in [-0.05, 0) is 36.2 Å². The Hall–Kier alpha value is -2.49. The molecule has 0 aliphatic carbocycles. The summed E-state index contributed by atoms with van der Waals surface area (Å²) in [6.45, 7) is -0.303. The topological polar surface area (TPSA) is 105 Å². The van der Waals surface area contributed by atoms with Crippen molar-refractivity contribution in [3.63, 3.8) is 0 Å². The van der Waals surface area contributed by atoms with E-state index in [0.29, 0.717) is 5.75 Å². The van der Waals surface area contributed by atoms with Crippen molar-refractivity contribution in [2.24, 2.45) is 0 Å². The highest BCUT2D eigenvalue weighted by Gasteiger charge is 2.26.